The van der Waals surface area contributed by atoms with Crippen LogP contribution in [0.3, 0.4) is 0 Å². The number of fused-ring (bicyclic) bond motifs is 1. The summed E-state index contributed by atoms with van der Waals surface area (Å²) in [5, 5.41) is 9.75. The molecule has 0 radical (unpaired) electrons. The number of aryl methyl sites for hydroxylation is 2. The van der Waals surface area contributed by atoms with Gasteiger partial charge >= 0.3 is 0 Å². The summed E-state index contributed by atoms with van der Waals surface area (Å²) in [6.07, 6.45) is 5.06. The molecule has 0 aliphatic rings. The summed E-state index contributed by atoms with van der Waals surface area (Å²) < 4.78 is 0. The van der Waals surface area contributed by atoms with Crippen LogP contribution in [0.5, 0.6) is 0 Å². The van der Waals surface area contributed by atoms with Crippen LogP contribution in [0.15, 0.2) is 36.4 Å². The van der Waals surface area contributed by atoms with E-state index in [4.69, 9.17) is 22.6 Å². The highest BCUT2D eigenvalue weighted by atomic mass is 35.5. The van der Waals surface area contributed by atoms with Gasteiger partial charge in [-0.3, -0.25) is 0 Å². The number of nitrogens with zero attached hydrogens (tertiary/aromatic N) is 3. The lowest BCUT2D eigenvalue weighted by molar-refractivity contribution is 1.09. The Bertz CT molecular complexity index is 1020. The van der Waals surface area contributed by atoms with E-state index in [1.165, 1.54) is 17.2 Å². The number of hydrogen-bond donors (Lipinski definition) is 1. The minimum Gasteiger partial charge on any atom is -0.383 e. The normalized spacial score (nSPS) is 11.2. The van der Waals surface area contributed by atoms with E-state index in [1.54, 1.807) is 0 Å². The van der Waals surface area contributed by atoms with Gasteiger partial charge in [0, 0.05) is 17.0 Å². The Labute approximate surface area is 158 Å². The molecular formula is C21H19ClN4. The number of nitriles is 1. The molecule has 0 aliphatic carbocycles. The lowest BCUT2D eigenvalue weighted by atomic mass is 9.88. The Morgan fingerprint density at radius 2 is 1.85 bits per heavy atom. The van der Waals surface area contributed by atoms with Gasteiger partial charge in [-0.15, -0.1) is 0 Å². The van der Waals surface area contributed by atoms with Crippen molar-refractivity contribution in [2.24, 2.45) is 0 Å². The van der Waals surface area contributed by atoms with Crippen molar-refractivity contribution in [3.63, 3.8) is 0 Å². The third-order valence-electron chi connectivity index (χ3n) is 4.43. The number of anilines is 1. The molecule has 0 spiro atoms. The zero-order chi connectivity index (χ0) is 18.7. The first-order valence-electron chi connectivity index (χ1n) is 8.53. The van der Waals surface area contributed by atoms with Gasteiger partial charge < -0.3 is 5.73 Å². The van der Waals surface area contributed by atoms with E-state index in [0.29, 0.717) is 5.82 Å². The zero-order valence-electron chi connectivity index (χ0n) is 14.8. The maximum atomic E-state index is 8.81. The minimum absolute atomic E-state index is 0.145. The highest BCUT2D eigenvalue weighted by molar-refractivity contribution is 6.29. The summed E-state index contributed by atoms with van der Waals surface area (Å²) in [5.41, 5.74) is 12.4. The molecule has 0 saturated heterocycles. The molecule has 130 valence electrons. The number of para-hydroxylation sites is 1. The van der Waals surface area contributed by atoms with Crippen molar-refractivity contribution in [1.29, 1.82) is 5.26 Å². The molecule has 3 aromatic rings. The van der Waals surface area contributed by atoms with Crippen molar-refractivity contribution in [1.82, 2.24) is 9.97 Å². The van der Waals surface area contributed by atoms with E-state index in [1.807, 2.05) is 30.3 Å². The molecule has 26 heavy (non-hydrogen) atoms. The van der Waals surface area contributed by atoms with Crippen molar-refractivity contribution in [3.05, 3.63) is 58.4 Å². The SMILES string of the molecule is CCc1cc(C=CC#N)cc(CC)c1-c1cccc2c(N)nc(Cl)nc12. The first-order valence-corrected chi connectivity index (χ1v) is 8.90. The van der Waals surface area contributed by atoms with Crippen LogP contribution in [0.2, 0.25) is 5.28 Å². The Morgan fingerprint density at radius 1 is 1.15 bits per heavy atom. The van der Waals surface area contributed by atoms with Gasteiger partial charge in [0.1, 0.15) is 5.82 Å². The fourth-order valence-corrected chi connectivity index (χ4v) is 3.45. The molecule has 0 atom stereocenters. The molecule has 0 amide bonds. The molecule has 0 bridgehead atoms. The maximum Gasteiger partial charge on any atom is 0.224 e. The number of nitrogen functional groups attached to an aromatic ring is 1. The van der Waals surface area contributed by atoms with Crippen molar-refractivity contribution in [3.8, 4) is 17.2 Å². The quantitative estimate of drug-likeness (QED) is 0.511. The molecule has 2 aromatic carbocycles. The molecule has 1 aromatic heterocycles. The predicted molar refractivity (Wildman–Crippen MR) is 108 cm³/mol. The van der Waals surface area contributed by atoms with Gasteiger partial charge in [0.25, 0.3) is 0 Å². The number of allylic oxidation sites excluding steroid dienone is 1. The fourth-order valence-electron chi connectivity index (χ4n) is 3.28. The first kappa shape index (κ1) is 17.9. The minimum atomic E-state index is 0.145. The van der Waals surface area contributed by atoms with E-state index in [9.17, 15) is 0 Å². The fraction of sp³-hybridized carbons (Fsp3) is 0.190. The van der Waals surface area contributed by atoms with Gasteiger partial charge in [0.15, 0.2) is 0 Å². The summed E-state index contributed by atoms with van der Waals surface area (Å²) in [4.78, 5) is 8.51. The van der Waals surface area contributed by atoms with Crippen LogP contribution in [-0.2, 0) is 12.8 Å². The van der Waals surface area contributed by atoms with Crippen LogP contribution in [-0.4, -0.2) is 9.97 Å². The zero-order valence-corrected chi connectivity index (χ0v) is 15.5. The second-order valence-corrected chi connectivity index (χ2v) is 6.30. The second kappa shape index (κ2) is 7.55. The Morgan fingerprint density at radius 3 is 2.46 bits per heavy atom. The lowest BCUT2D eigenvalue weighted by Crippen LogP contribution is -2.00. The Balaban J connectivity index is 2.35. The molecule has 0 saturated carbocycles. The molecule has 3 rings (SSSR count). The topological polar surface area (TPSA) is 75.6 Å². The van der Waals surface area contributed by atoms with E-state index in [-0.39, 0.29) is 5.28 Å². The molecule has 4 nitrogen and oxygen atoms in total. The predicted octanol–water partition coefficient (Wildman–Crippen LogP) is 5.19. The number of halogens is 1. The number of aromatic nitrogens is 2. The summed E-state index contributed by atoms with van der Waals surface area (Å²) in [7, 11) is 0. The number of benzene rings is 2. The first-order chi connectivity index (χ1) is 12.6. The monoisotopic (exact) mass is 362 g/mol. The summed E-state index contributed by atoms with van der Waals surface area (Å²) in [6.45, 7) is 4.25. The van der Waals surface area contributed by atoms with Gasteiger partial charge in [-0.1, -0.05) is 38.1 Å². The molecule has 5 heteroatoms. The van der Waals surface area contributed by atoms with Gasteiger partial charge in [0.2, 0.25) is 5.28 Å². The van der Waals surface area contributed by atoms with Crippen LogP contribution in [0.1, 0.15) is 30.5 Å². The molecule has 0 unspecified atom stereocenters. The number of rotatable bonds is 4. The third-order valence-corrected chi connectivity index (χ3v) is 4.60. The van der Waals surface area contributed by atoms with Gasteiger partial charge in [-0.2, -0.15) is 5.26 Å². The van der Waals surface area contributed by atoms with Gasteiger partial charge in [0.05, 0.1) is 11.6 Å². The summed E-state index contributed by atoms with van der Waals surface area (Å²) >= 11 is 6.07. The van der Waals surface area contributed by atoms with Crippen LogP contribution in [0.4, 0.5) is 5.82 Å². The van der Waals surface area contributed by atoms with Crippen molar-refractivity contribution in [2.75, 3.05) is 5.73 Å². The van der Waals surface area contributed by atoms with Crippen LogP contribution >= 0.6 is 11.6 Å². The van der Waals surface area contributed by atoms with E-state index in [0.717, 1.165) is 40.4 Å². The molecule has 2 N–H and O–H groups in total. The smallest absolute Gasteiger partial charge is 0.224 e. The summed E-state index contributed by atoms with van der Waals surface area (Å²) in [6, 6.07) is 12.2. The largest absolute Gasteiger partial charge is 0.383 e. The van der Waals surface area contributed by atoms with Gasteiger partial charge in [-0.25, -0.2) is 9.97 Å². The maximum absolute atomic E-state index is 8.81. The number of nitrogens with two attached hydrogens (primary N) is 1. The third kappa shape index (κ3) is 3.26. The van der Waals surface area contributed by atoms with Crippen molar-refractivity contribution < 1.29 is 0 Å². The molecule has 0 aliphatic heterocycles. The molecule has 0 fully saturated rings. The number of hydrogen-bond acceptors (Lipinski definition) is 4. The average Bonchev–Trinajstić information content (AvgIpc) is 2.65. The molecule has 1 heterocycles. The Kier molecular flexibility index (Phi) is 5.20. The second-order valence-electron chi connectivity index (χ2n) is 5.96. The highest BCUT2D eigenvalue weighted by Gasteiger charge is 2.16. The average molecular weight is 363 g/mol. The van der Waals surface area contributed by atoms with Crippen LogP contribution in [0, 0.1) is 11.3 Å². The van der Waals surface area contributed by atoms with Crippen LogP contribution in [0.25, 0.3) is 28.1 Å². The Hall–Kier alpha value is -2.90. The van der Waals surface area contributed by atoms with Crippen molar-refractivity contribution >= 4 is 34.4 Å². The van der Waals surface area contributed by atoms with E-state index in [2.05, 4.69) is 35.9 Å². The highest BCUT2D eigenvalue weighted by Crippen LogP contribution is 2.36. The summed E-state index contributed by atoms with van der Waals surface area (Å²) in [5.74, 6) is 0.381. The van der Waals surface area contributed by atoms with Crippen molar-refractivity contribution in [2.45, 2.75) is 26.7 Å². The molecular weight excluding hydrogens is 344 g/mol. The van der Waals surface area contributed by atoms with Crippen LogP contribution < -0.4 is 5.73 Å². The lowest BCUT2D eigenvalue weighted by Gasteiger charge is -2.17. The van der Waals surface area contributed by atoms with Gasteiger partial charge in [-0.05, 0) is 58.8 Å². The van der Waals surface area contributed by atoms with E-state index < -0.39 is 0 Å². The van der Waals surface area contributed by atoms with E-state index >= 15 is 0 Å². The standard InChI is InChI=1S/C21H19ClN4/c1-3-14-11-13(7-6-10-23)12-15(4-2)18(14)16-8-5-9-17-19(16)25-21(22)26-20(17)24/h5-9,11-12H,3-4H2,1-2H3,(H2,24,25,26).